The Morgan fingerprint density at radius 2 is 2.33 bits per heavy atom. The number of nitrogens with zero attached hydrogens (tertiary/aromatic N) is 1. The van der Waals surface area contributed by atoms with Gasteiger partial charge in [0, 0.05) is 18.6 Å². The second kappa shape index (κ2) is 8.02. The van der Waals surface area contributed by atoms with Gasteiger partial charge in [0.15, 0.2) is 0 Å². The normalized spacial score (nSPS) is 12.7. The van der Waals surface area contributed by atoms with Gasteiger partial charge in [0.25, 0.3) is 0 Å². The van der Waals surface area contributed by atoms with Gasteiger partial charge < -0.3 is 4.74 Å². The van der Waals surface area contributed by atoms with Gasteiger partial charge in [-0.3, -0.25) is 0 Å². The predicted molar refractivity (Wildman–Crippen MR) is 68.3 cm³/mol. The first-order valence-corrected chi connectivity index (χ1v) is 7.47. The fraction of sp³-hybridized carbons (Fsp3) is 0.545. The monoisotopic (exact) mass is 243 g/mol. The van der Waals surface area contributed by atoms with Crippen LogP contribution in [0.25, 0.3) is 0 Å². The van der Waals surface area contributed by atoms with Gasteiger partial charge in [-0.25, -0.2) is 4.98 Å². The topological polar surface area (TPSA) is 22.1 Å². The van der Waals surface area contributed by atoms with Gasteiger partial charge in [0.1, 0.15) is 5.03 Å². The molecular weight excluding hydrogens is 226 g/mol. The summed E-state index contributed by atoms with van der Waals surface area (Å²) in [5.41, 5.74) is 0. The minimum atomic E-state index is 0.367. The zero-order valence-corrected chi connectivity index (χ0v) is 10.8. The van der Waals surface area contributed by atoms with E-state index < -0.39 is 0 Å². The molecule has 0 amide bonds. The molecule has 0 saturated carbocycles. The minimum absolute atomic E-state index is 0.367. The molecule has 1 aromatic heterocycles. The lowest BCUT2D eigenvalue weighted by molar-refractivity contribution is 0.0748. The molecule has 0 fully saturated rings. The van der Waals surface area contributed by atoms with Crippen LogP contribution in [0.4, 0.5) is 0 Å². The summed E-state index contributed by atoms with van der Waals surface area (Å²) in [6.45, 7) is 4.96. The van der Waals surface area contributed by atoms with Gasteiger partial charge in [-0.15, -0.1) is 0 Å². The molecule has 15 heavy (non-hydrogen) atoms. The summed E-state index contributed by atoms with van der Waals surface area (Å²) < 4.78 is 5.46. The molecule has 0 saturated heterocycles. The number of aromatic nitrogens is 1. The molecule has 0 radical (unpaired) electrons. The van der Waals surface area contributed by atoms with Gasteiger partial charge >= 0.3 is 0 Å². The number of hydrogen-bond donors (Lipinski definition) is 0. The van der Waals surface area contributed by atoms with Gasteiger partial charge in [-0.05, 0) is 43.2 Å². The average Bonchev–Trinajstić information content (AvgIpc) is 2.26. The Labute approximate surface area is 99.6 Å². The lowest BCUT2D eigenvalue weighted by Crippen LogP contribution is -2.08. The van der Waals surface area contributed by atoms with Crippen LogP contribution in [0.3, 0.4) is 0 Å². The molecule has 1 atom stereocenters. The van der Waals surface area contributed by atoms with E-state index in [0.717, 1.165) is 23.8 Å². The van der Waals surface area contributed by atoms with Crippen LogP contribution < -0.4 is 0 Å². The molecule has 0 aliphatic heterocycles. The zero-order valence-electron chi connectivity index (χ0n) is 9.18. The van der Waals surface area contributed by atoms with Crippen molar-refractivity contribution < 1.29 is 4.74 Å². The molecule has 0 spiro atoms. The average molecular weight is 243 g/mol. The van der Waals surface area contributed by atoms with E-state index in [2.05, 4.69) is 11.9 Å². The van der Waals surface area contributed by atoms with Crippen LogP contribution in [0.1, 0.15) is 20.3 Å². The molecule has 0 aliphatic carbocycles. The SMILES string of the molecule is CCOC(C)CCSSc1ccccn1. The highest BCUT2D eigenvalue weighted by molar-refractivity contribution is 8.76. The zero-order chi connectivity index (χ0) is 10.9. The highest BCUT2D eigenvalue weighted by atomic mass is 33.1. The second-order valence-electron chi connectivity index (χ2n) is 3.13. The van der Waals surface area contributed by atoms with Crippen molar-refractivity contribution in [2.45, 2.75) is 31.4 Å². The summed E-state index contributed by atoms with van der Waals surface area (Å²) >= 11 is 0. The van der Waals surface area contributed by atoms with Crippen molar-refractivity contribution in [3.8, 4) is 0 Å². The van der Waals surface area contributed by atoms with E-state index in [1.165, 1.54) is 0 Å². The Hall–Kier alpha value is -0.190. The lowest BCUT2D eigenvalue weighted by atomic mass is 10.3. The van der Waals surface area contributed by atoms with Crippen molar-refractivity contribution in [1.29, 1.82) is 0 Å². The molecule has 1 rings (SSSR count). The number of pyridine rings is 1. The minimum Gasteiger partial charge on any atom is -0.379 e. The summed E-state index contributed by atoms with van der Waals surface area (Å²) in [7, 11) is 3.57. The molecule has 1 unspecified atom stereocenters. The Bertz CT molecular complexity index is 256. The molecule has 0 aliphatic rings. The molecule has 84 valence electrons. The number of hydrogen-bond acceptors (Lipinski definition) is 4. The molecule has 0 N–H and O–H groups in total. The third kappa shape index (κ3) is 6.07. The van der Waals surface area contributed by atoms with Crippen molar-refractivity contribution in [3.63, 3.8) is 0 Å². The van der Waals surface area contributed by atoms with Gasteiger partial charge in [0.2, 0.25) is 0 Å². The first-order valence-electron chi connectivity index (χ1n) is 5.15. The lowest BCUT2D eigenvalue weighted by Gasteiger charge is -2.09. The fourth-order valence-corrected chi connectivity index (χ4v) is 3.15. The quantitative estimate of drug-likeness (QED) is 0.538. The maximum atomic E-state index is 5.46. The van der Waals surface area contributed by atoms with Crippen molar-refractivity contribution >= 4 is 21.6 Å². The van der Waals surface area contributed by atoms with E-state index in [1.807, 2.05) is 42.1 Å². The first kappa shape index (κ1) is 12.9. The summed E-state index contributed by atoms with van der Waals surface area (Å²) in [6, 6.07) is 5.98. The molecule has 1 heterocycles. The number of rotatable bonds is 7. The largest absolute Gasteiger partial charge is 0.379 e. The highest BCUT2D eigenvalue weighted by Crippen LogP contribution is 2.29. The van der Waals surface area contributed by atoms with Crippen LogP contribution in [0, 0.1) is 0 Å². The summed E-state index contributed by atoms with van der Waals surface area (Å²) in [4.78, 5) is 4.24. The van der Waals surface area contributed by atoms with Gasteiger partial charge in [-0.1, -0.05) is 16.9 Å². The Kier molecular flexibility index (Phi) is 6.88. The summed E-state index contributed by atoms with van der Waals surface area (Å²) in [5, 5.41) is 1.08. The van der Waals surface area contributed by atoms with Crippen LogP contribution in [0.5, 0.6) is 0 Å². The van der Waals surface area contributed by atoms with Crippen LogP contribution >= 0.6 is 21.6 Å². The molecular formula is C11H17NOS2. The predicted octanol–water partition coefficient (Wildman–Crippen LogP) is 3.64. The van der Waals surface area contributed by atoms with E-state index in [4.69, 9.17) is 4.74 Å². The molecule has 0 aromatic carbocycles. The standard InChI is InChI=1S/C11H17NOS2/c1-3-13-10(2)7-9-14-15-11-6-4-5-8-12-11/h4-6,8,10H,3,7,9H2,1-2H3. The Morgan fingerprint density at radius 1 is 1.47 bits per heavy atom. The maximum Gasteiger partial charge on any atom is 0.106 e. The van der Waals surface area contributed by atoms with Gasteiger partial charge in [0.05, 0.1) is 6.10 Å². The Morgan fingerprint density at radius 3 is 3.00 bits per heavy atom. The summed E-state index contributed by atoms with van der Waals surface area (Å²) in [5.74, 6) is 1.10. The third-order valence-electron chi connectivity index (χ3n) is 1.84. The van der Waals surface area contributed by atoms with Crippen LogP contribution in [0.2, 0.25) is 0 Å². The summed E-state index contributed by atoms with van der Waals surface area (Å²) in [6.07, 6.45) is 3.29. The maximum absolute atomic E-state index is 5.46. The fourth-order valence-electron chi connectivity index (χ4n) is 1.08. The van der Waals surface area contributed by atoms with Crippen LogP contribution in [-0.4, -0.2) is 23.4 Å². The van der Waals surface area contributed by atoms with Crippen molar-refractivity contribution in [3.05, 3.63) is 24.4 Å². The molecule has 1 aromatic rings. The number of ether oxygens (including phenoxy) is 1. The van der Waals surface area contributed by atoms with E-state index in [0.29, 0.717) is 6.10 Å². The van der Waals surface area contributed by atoms with Crippen molar-refractivity contribution in [2.24, 2.45) is 0 Å². The van der Waals surface area contributed by atoms with Gasteiger partial charge in [-0.2, -0.15) is 0 Å². The third-order valence-corrected chi connectivity index (χ3v) is 4.14. The Balaban J connectivity index is 2.07. The first-order chi connectivity index (χ1) is 7.33. The van der Waals surface area contributed by atoms with E-state index in [-0.39, 0.29) is 0 Å². The molecule has 0 bridgehead atoms. The second-order valence-corrected chi connectivity index (χ2v) is 5.56. The smallest absolute Gasteiger partial charge is 0.106 e. The van der Waals surface area contributed by atoms with Crippen molar-refractivity contribution in [2.75, 3.05) is 12.4 Å². The van der Waals surface area contributed by atoms with Crippen LogP contribution in [0.15, 0.2) is 29.4 Å². The van der Waals surface area contributed by atoms with Crippen molar-refractivity contribution in [1.82, 2.24) is 4.98 Å². The van der Waals surface area contributed by atoms with E-state index in [9.17, 15) is 0 Å². The molecule has 4 heteroatoms. The molecule has 2 nitrogen and oxygen atoms in total. The highest BCUT2D eigenvalue weighted by Gasteiger charge is 2.01. The van der Waals surface area contributed by atoms with Crippen LogP contribution in [-0.2, 0) is 4.74 Å². The van der Waals surface area contributed by atoms with E-state index in [1.54, 1.807) is 10.8 Å². The van der Waals surface area contributed by atoms with E-state index >= 15 is 0 Å².